The summed E-state index contributed by atoms with van der Waals surface area (Å²) in [5.41, 5.74) is 1.21. The summed E-state index contributed by atoms with van der Waals surface area (Å²) in [6.07, 6.45) is 3.08. The number of aromatic nitrogens is 1. The minimum absolute atomic E-state index is 0.866. The van der Waals surface area contributed by atoms with Gasteiger partial charge in [0.05, 0.1) is 0 Å². The van der Waals surface area contributed by atoms with Crippen LogP contribution in [0.25, 0.3) is 0 Å². The molecule has 0 N–H and O–H groups in total. The lowest BCUT2D eigenvalue weighted by Gasteiger charge is -2.19. The smallest absolute Gasteiger partial charge is 0.128 e. The van der Waals surface area contributed by atoms with Crippen LogP contribution < -0.4 is 4.90 Å². The second-order valence-electron chi connectivity index (χ2n) is 4.24. The Bertz CT molecular complexity index is 298. The van der Waals surface area contributed by atoms with Crippen LogP contribution in [0.3, 0.4) is 0 Å². The van der Waals surface area contributed by atoms with Crippen molar-refractivity contribution in [1.29, 1.82) is 0 Å². The van der Waals surface area contributed by atoms with Crippen molar-refractivity contribution in [1.82, 2.24) is 9.88 Å². The molecular weight excluding hydrogens is 266 g/mol. The Morgan fingerprint density at radius 3 is 2.44 bits per heavy atom. The van der Waals surface area contributed by atoms with Gasteiger partial charge in [-0.3, -0.25) is 0 Å². The molecule has 0 saturated heterocycles. The topological polar surface area (TPSA) is 19.4 Å². The van der Waals surface area contributed by atoms with E-state index >= 15 is 0 Å². The van der Waals surface area contributed by atoms with Crippen LogP contribution in [0.2, 0.25) is 0 Å². The number of anilines is 1. The molecule has 0 spiro atoms. The Hall–Kier alpha value is -0.610. The summed E-state index contributed by atoms with van der Waals surface area (Å²) >= 11 is 3.42. The molecule has 0 bridgehead atoms. The van der Waals surface area contributed by atoms with Gasteiger partial charge in [-0.2, -0.15) is 0 Å². The van der Waals surface area contributed by atoms with Crippen molar-refractivity contribution in [3.05, 3.63) is 23.9 Å². The number of alkyl halides is 1. The van der Waals surface area contributed by atoms with Crippen LogP contribution in [0.4, 0.5) is 5.82 Å². The highest BCUT2D eigenvalue weighted by atomic mass is 79.9. The predicted octanol–water partition coefficient (Wildman–Crippen LogP) is 2.36. The van der Waals surface area contributed by atoms with Gasteiger partial charge >= 0.3 is 0 Å². The molecule has 0 aliphatic carbocycles. The van der Waals surface area contributed by atoms with E-state index in [1.54, 1.807) is 0 Å². The molecule has 0 amide bonds. The van der Waals surface area contributed by atoms with Gasteiger partial charge in [0, 0.05) is 25.1 Å². The maximum atomic E-state index is 4.43. The number of pyridine rings is 1. The van der Waals surface area contributed by atoms with Crippen LogP contribution in [0, 0.1) is 0 Å². The van der Waals surface area contributed by atoms with Gasteiger partial charge in [0.2, 0.25) is 0 Å². The summed E-state index contributed by atoms with van der Waals surface area (Å²) in [4.78, 5) is 8.83. The molecule has 0 aromatic carbocycles. The van der Waals surface area contributed by atoms with E-state index in [-0.39, 0.29) is 0 Å². The molecule has 90 valence electrons. The molecule has 0 atom stereocenters. The van der Waals surface area contributed by atoms with E-state index in [1.807, 2.05) is 6.20 Å². The standard InChI is InChI=1S/C12H20BrN3/c1-15(2)7-4-8-16(3)12-6-5-11(9-13)10-14-12/h5-6,10H,4,7-9H2,1-3H3. The van der Waals surface area contributed by atoms with Gasteiger partial charge < -0.3 is 9.80 Å². The maximum Gasteiger partial charge on any atom is 0.128 e. The predicted molar refractivity (Wildman–Crippen MR) is 73.3 cm³/mol. The van der Waals surface area contributed by atoms with Crippen molar-refractivity contribution in [2.75, 3.05) is 39.1 Å². The first-order valence-electron chi connectivity index (χ1n) is 5.50. The second kappa shape index (κ2) is 6.86. The van der Waals surface area contributed by atoms with Crippen LogP contribution in [0.5, 0.6) is 0 Å². The van der Waals surface area contributed by atoms with Crippen molar-refractivity contribution in [3.8, 4) is 0 Å². The zero-order valence-corrected chi connectivity index (χ0v) is 11.9. The molecule has 1 aromatic heterocycles. The average Bonchev–Trinajstić information content (AvgIpc) is 2.28. The zero-order valence-electron chi connectivity index (χ0n) is 10.3. The van der Waals surface area contributed by atoms with Gasteiger partial charge in [-0.15, -0.1) is 0 Å². The summed E-state index contributed by atoms with van der Waals surface area (Å²) in [5, 5.41) is 0.866. The highest BCUT2D eigenvalue weighted by Gasteiger charge is 2.02. The number of nitrogens with zero attached hydrogens (tertiary/aromatic N) is 3. The third-order valence-corrected chi connectivity index (χ3v) is 3.10. The molecule has 16 heavy (non-hydrogen) atoms. The van der Waals surface area contributed by atoms with E-state index in [0.29, 0.717) is 0 Å². The molecule has 0 aliphatic rings. The lowest BCUT2D eigenvalue weighted by atomic mass is 10.3. The Kier molecular flexibility index (Phi) is 5.77. The monoisotopic (exact) mass is 285 g/mol. The van der Waals surface area contributed by atoms with Crippen LogP contribution in [0.15, 0.2) is 18.3 Å². The summed E-state index contributed by atoms with van der Waals surface area (Å²) in [5.74, 6) is 1.04. The second-order valence-corrected chi connectivity index (χ2v) is 4.80. The zero-order chi connectivity index (χ0) is 12.0. The molecule has 0 radical (unpaired) electrons. The van der Waals surface area contributed by atoms with Crippen molar-refractivity contribution < 1.29 is 0 Å². The SMILES string of the molecule is CN(C)CCCN(C)c1ccc(CBr)cn1. The van der Waals surface area contributed by atoms with E-state index in [4.69, 9.17) is 0 Å². The average molecular weight is 286 g/mol. The highest BCUT2D eigenvalue weighted by Crippen LogP contribution is 2.11. The van der Waals surface area contributed by atoms with Gasteiger partial charge in [-0.05, 0) is 38.7 Å². The molecular formula is C12H20BrN3. The van der Waals surface area contributed by atoms with E-state index < -0.39 is 0 Å². The third kappa shape index (κ3) is 4.49. The normalized spacial score (nSPS) is 10.8. The van der Waals surface area contributed by atoms with E-state index in [9.17, 15) is 0 Å². The van der Waals surface area contributed by atoms with Gasteiger partial charge in [-0.25, -0.2) is 4.98 Å². The molecule has 0 saturated carbocycles. The van der Waals surface area contributed by atoms with E-state index in [1.165, 1.54) is 5.56 Å². The molecule has 4 heteroatoms. The first-order valence-corrected chi connectivity index (χ1v) is 6.62. The fourth-order valence-corrected chi connectivity index (χ4v) is 1.79. The third-order valence-electron chi connectivity index (χ3n) is 2.45. The fraction of sp³-hybridized carbons (Fsp3) is 0.583. The Morgan fingerprint density at radius 1 is 1.19 bits per heavy atom. The van der Waals surface area contributed by atoms with E-state index in [0.717, 1.165) is 30.7 Å². The quantitative estimate of drug-likeness (QED) is 0.748. The van der Waals surface area contributed by atoms with Gasteiger partial charge in [-0.1, -0.05) is 22.0 Å². The lowest BCUT2D eigenvalue weighted by molar-refractivity contribution is 0.401. The minimum atomic E-state index is 0.866. The molecule has 0 unspecified atom stereocenters. The highest BCUT2D eigenvalue weighted by molar-refractivity contribution is 9.08. The molecule has 1 heterocycles. The van der Waals surface area contributed by atoms with Crippen LogP contribution in [-0.4, -0.2) is 44.1 Å². The van der Waals surface area contributed by atoms with E-state index in [2.05, 4.69) is 64.0 Å². The van der Waals surface area contributed by atoms with Gasteiger partial charge in [0.25, 0.3) is 0 Å². The van der Waals surface area contributed by atoms with Crippen molar-refractivity contribution in [2.24, 2.45) is 0 Å². The Labute approximate surface area is 107 Å². The fourth-order valence-electron chi connectivity index (χ4n) is 1.46. The number of hydrogen-bond donors (Lipinski definition) is 0. The minimum Gasteiger partial charge on any atom is -0.360 e. The van der Waals surface area contributed by atoms with Crippen LogP contribution in [0.1, 0.15) is 12.0 Å². The summed E-state index contributed by atoms with van der Waals surface area (Å²) in [6.45, 7) is 2.16. The van der Waals surface area contributed by atoms with Crippen molar-refractivity contribution in [3.63, 3.8) is 0 Å². The maximum absolute atomic E-state index is 4.43. The molecule has 3 nitrogen and oxygen atoms in total. The van der Waals surface area contributed by atoms with Gasteiger partial charge in [0.1, 0.15) is 5.82 Å². The molecule has 1 rings (SSSR count). The van der Waals surface area contributed by atoms with Crippen molar-refractivity contribution in [2.45, 2.75) is 11.8 Å². The lowest BCUT2D eigenvalue weighted by Crippen LogP contribution is -2.23. The number of halogens is 1. The van der Waals surface area contributed by atoms with Crippen LogP contribution >= 0.6 is 15.9 Å². The number of rotatable bonds is 6. The summed E-state index contributed by atoms with van der Waals surface area (Å²) in [6, 6.07) is 4.19. The molecule has 0 aliphatic heterocycles. The molecule has 0 fully saturated rings. The van der Waals surface area contributed by atoms with Crippen LogP contribution in [-0.2, 0) is 5.33 Å². The Balaban J connectivity index is 2.43. The number of hydrogen-bond acceptors (Lipinski definition) is 3. The van der Waals surface area contributed by atoms with Gasteiger partial charge in [0.15, 0.2) is 0 Å². The summed E-state index contributed by atoms with van der Waals surface area (Å²) < 4.78 is 0. The largest absolute Gasteiger partial charge is 0.360 e. The van der Waals surface area contributed by atoms with Crippen molar-refractivity contribution >= 4 is 21.7 Å². The molecule has 1 aromatic rings. The Morgan fingerprint density at radius 2 is 1.94 bits per heavy atom. The first-order chi connectivity index (χ1) is 7.63. The summed E-state index contributed by atoms with van der Waals surface area (Å²) in [7, 11) is 6.29. The first kappa shape index (κ1) is 13.5.